The first-order valence-electron chi connectivity index (χ1n) is 6.24. The molecule has 0 amide bonds. The Hall–Kier alpha value is -1.28. The first kappa shape index (κ1) is 15.8. The molecule has 2 unspecified atom stereocenters. The van der Waals surface area contributed by atoms with Crippen LogP contribution in [0.25, 0.3) is 0 Å². The van der Waals surface area contributed by atoms with E-state index in [-0.39, 0.29) is 6.61 Å². The average molecular weight is 276 g/mol. The molecule has 0 bridgehead atoms. The number of nitrogens with zero attached hydrogens (tertiary/aromatic N) is 2. The maximum Gasteiger partial charge on any atom is 0.309 e. The summed E-state index contributed by atoms with van der Waals surface area (Å²) in [6.07, 6.45) is 2.02. The van der Waals surface area contributed by atoms with Gasteiger partial charge in [-0.3, -0.25) is 20.2 Å². The Bertz CT molecular complexity index is 353. The lowest BCUT2D eigenvalue weighted by Gasteiger charge is -2.31. The maximum absolute atomic E-state index is 11.2. The van der Waals surface area contributed by atoms with Gasteiger partial charge in [-0.25, -0.2) is 0 Å². The fourth-order valence-electron chi connectivity index (χ4n) is 1.75. The molecule has 1 aliphatic rings. The number of hydrogen-bond acceptors (Lipinski definition) is 6. The van der Waals surface area contributed by atoms with E-state index in [1.54, 1.807) is 0 Å². The molecule has 110 valence electrons. The van der Waals surface area contributed by atoms with E-state index in [4.69, 9.17) is 9.47 Å². The lowest BCUT2D eigenvalue weighted by Crippen LogP contribution is -2.61. The molecule has 19 heavy (non-hydrogen) atoms. The lowest BCUT2D eigenvalue weighted by molar-refractivity contribution is -0.680. The quantitative estimate of drug-likeness (QED) is 0.539. The van der Waals surface area contributed by atoms with E-state index in [0.717, 1.165) is 12.8 Å². The van der Waals surface area contributed by atoms with E-state index in [9.17, 15) is 20.2 Å². The number of rotatable bonds is 6. The molecule has 1 fully saturated rings. The van der Waals surface area contributed by atoms with Crippen LogP contribution in [0.15, 0.2) is 0 Å². The second-order valence-corrected chi connectivity index (χ2v) is 5.45. The molecule has 0 aromatic carbocycles. The summed E-state index contributed by atoms with van der Waals surface area (Å²) in [6.45, 7) is 3.91. The van der Waals surface area contributed by atoms with Crippen molar-refractivity contribution < 1.29 is 19.3 Å². The standard InChI is InChI=1S/C11H20N2O6/c1-10(2,12(14)15)11(3,13(16)17)8-19-9-6-4-5-7-18-9/h9H,4-8H2,1-3H3. The predicted octanol–water partition coefficient (Wildman–Crippen LogP) is 1.62. The van der Waals surface area contributed by atoms with Gasteiger partial charge in [0, 0.05) is 37.2 Å². The van der Waals surface area contributed by atoms with Crippen LogP contribution >= 0.6 is 0 Å². The van der Waals surface area contributed by atoms with Crippen LogP contribution in [0.5, 0.6) is 0 Å². The van der Waals surface area contributed by atoms with Gasteiger partial charge in [0.25, 0.3) is 5.54 Å². The fourth-order valence-corrected chi connectivity index (χ4v) is 1.75. The van der Waals surface area contributed by atoms with Gasteiger partial charge in [-0.15, -0.1) is 0 Å². The summed E-state index contributed by atoms with van der Waals surface area (Å²) < 4.78 is 10.7. The zero-order valence-corrected chi connectivity index (χ0v) is 11.5. The summed E-state index contributed by atoms with van der Waals surface area (Å²) in [5.74, 6) is 0. The Kier molecular flexibility index (Phi) is 4.81. The molecule has 8 nitrogen and oxygen atoms in total. The summed E-state index contributed by atoms with van der Waals surface area (Å²) >= 11 is 0. The van der Waals surface area contributed by atoms with Crippen molar-refractivity contribution in [1.29, 1.82) is 0 Å². The highest BCUT2D eigenvalue weighted by Crippen LogP contribution is 2.29. The van der Waals surface area contributed by atoms with Gasteiger partial charge >= 0.3 is 5.54 Å². The third kappa shape index (κ3) is 3.19. The van der Waals surface area contributed by atoms with Crippen LogP contribution in [0.2, 0.25) is 0 Å². The molecule has 0 aromatic rings. The van der Waals surface area contributed by atoms with Gasteiger partial charge in [-0.05, 0) is 19.3 Å². The van der Waals surface area contributed by atoms with Gasteiger partial charge in [0.1, 0.15) is 6.61 Å². The molecule has 0 radical (unpaired) electrons. The van der Waals surface area contributed by atoms with Gasteiger partial charge in [0.05, 0.1) is 0 Å². The van der Waals surface area contributed by atoms with Crippen LogP contribution in [0.4, 0.5) is 0 Å². The second-order valence-electron chi connectivity index (χ2n) is 5.45. The van der Waals surface area contributed by atoms with Crippen molar-refractivity contribution in [1.82, 2.24) is 0 Å². The van der Waals surface area contributed by atoms with Crippen LogP contribution in [0.3, 0.4) is 0 Å². The third-order valence-electron chi connectivity index (χ3n) is 3.87. The molecule has 0 aromatic heterocycles. The summed E-state index contributed by atoms with van der Waals surface area (Å²) in [7, 11) is 0. The number of ether oxygens (including phenoxy) is 2. The van der Waals surface area contributed by atoms with Gasteiger partial charge < -0.3 is 9.47 Å². The zero-order valence-electron chi connectivity index (χ0n) is 11.5. The molecule has 2 atom stereocenters. The minimum absolute atomic E-state index is 0.349. The molecular formula is C11H20N2O6. The molecule has 1 aliphatic heterocycles. The van der Waals surface area contributed by atoms with E-state index >= 15 is 0 Å². The van der Waals surface area contributed by atoms with Crippen LogP contribution in [0.1, 0.15) is 40.0 Å². The Morgan fingerprint density at radius 1 is 1.21 bits per heavy atom. The maximum atomic E-state index is 11.2. The minimum Gasteiger partial charge on any atom is -0.353 e. The van der Waals surface area contributed by atoms with Gasteiger partial charge in [-0.2, -0.15) is 0 Å². The Labute approximate surface area is 111 Å². The van der Waals surface area contributed by atoms with E-state index in [0.29, 0.717) is 13.0 Å². The largest absolute Gasteiger partial charge is 0.353 e. The van der Waals surface area contributed by atoms with Crippen molar-refractivity contribution >= 4 is 0 Å². The van der Waals surface area contributed by atoms with Crippen molar-refractivity contribution in [3.05, 3.63) is 20.2 Å². The summed E-state index contributed by atoms with van der Waals surface area (Å²) in [6, 6.07) is 0. The summed E-state index contributed by atoms with van der Waals surface area (Å²) in [5.41, 5.74) is -3.54. The van der Waals surface area contributed by atoms with Crippen molar-refractivity contribution in [3.8, 4) is 0 Å². The molecule has 1 saturated heterocycles. The van der Waals surface area contributed by atoms with Crippen molar-refractivity contribution in [2.45, 2.75) is 57.4 Å². The highest BCUT2D eigenvalue weighted by atomic mass is 16.7. The van der Waals surface area contributed by atoms with Crippen molar-refractivity contribution in [2.24, 2.45) is 0 Å². The van der Waals surface area contributed by atoms with Crippen LogP contribution < -0.4 is 0 Å². The second kappa shape index (κ2) is 5.79. The third-order valence-corrected chi connectivity index (χ3v) is 3.87. The van der Waals surface area contributed by atoms with Gasteiger partial charge in [0.15, 0.2) is 6.29 Å². The molecule has 1 rings (SSSR count). The van der Waals surface area contributed by atoms with E-state index < -0.39 is 27.2 Å². The van der Waals surface area contributed by atoms with E-state index in [1.165, 1.54) is 20.8 Å². The lowest BCUT2D eigenvalue weighted by atomic mass is 9.82. The molecular weight excluding hydrogens is 256 g/mol. The van der Waals surface area contributed by atoms with Crippen molar-refractivity contribution in [2.75, 3.05) is 13.2 Å². The Morgan fingerprint density at radius 3 is 2.26 bits per heavy atom. The normalized spacial score (nSPS) is 23.6. The van der Waals surface area contributed by atoms with Crippen LogP contribution in [-0.4, -0.2) is 40.4 Å². The molecule has 0 spiro atoms. The topological polar surface area (TPSA) is 105 Å². The Morgan fingerprint density at radius 2 is 1.84 bits per heavy atom. The fraction of sp³-hybridized carbons (Fsp3) is 1.00. The van der Waals surface area contributed by atoms with Gasteiger partial charge in [0.2, 0.25) is 0 Å². The first-order chi connectivity index (χ1) is 8.72. The number of nitro groups is 2. The molecule has 0 aliphatic carbocycles. The average Bonchev–Trinajstić information content (AvgIpc) is 2.36. The highest BCUT2D eigenvalue weighted by molar-refractivity contribution is 4.91. The summed E-state index contributed by atoms with van der Waals surface area (Å²) in [5, 5.41) is 22.3. The number of hydrogen-bond donors (Lipinski definition) is 0. The predicted molar refractivity (Wildman–Crippen MR) is 66.0 cm³/mol. The van der Waals surface area contributed by atoms with Crippen LogP contribution in [0, 0.1) is 20.2 Å². The monoisotopic (exact) mass is 276 g/mol. The zero-order chi connectivity index (χ0) is 14.7. The Balaban J connectivity index is 2.76. The van der Waals surface area contributed by atoms with Crippen LogP contribution in [-0.2, 0) is 9.47 Å². The molecule has 0 N–H and O–H groups in total. The highest BCUT2D eigenvalue weighted by Gasteiger charge is 2.62. The van der Waals surface area contributed by atoms with Gasteiger partial charge in [-0.1, -0.05) is 0 Å². The molecule has 8 heteroatoms. The first-order valence-corrected chi connectivity index (χ1v) is 6.24. The van der Waals surface area contributed by atoms with E-state index in [1.807, 2.05) is 0 Å². The SMILES string of the molecule is CC(C)([N+](=O)[O-])C(C)(COC1CCCCO1)[N+](=O)[O-]. The molecule has 1 heterocycles. The summed E-state index contributed by atoms with van der Waals surface area (Å²) in [4.78, 5) is 21.0. The minimum atomic E-state index is -1.81. The van der Waals surface area contributed by atoms with Crippen molar-refractivity contribution in [3.63, 3.8) is 0 Å². The smallest absolute Gasteiger partial charge is 0.309 e. The molecule has 0 saturated carbocycles. The van der Waals surface area contributed by atoms with E-state index in [2.05, 4.69) is 0 Å².